The molecule has 0 aliphatic carbocycles. The maximum Gasteiger partial charge on any atom is 0.306 e. The summed E-state index contributed by atoms with van der Waals surface area (Å²) in [6.07, 6.45) is 84.9. The van der Waals surface area contributed by atoms with E-state index in [-0.39, 0.29) is 37.5 Å². The van der Waals surface area contributed by atoms with E-state index in [9.17, 15) is 14.4 Å². The van der Waals surface area contributed by atoms with Crippen LogP contribution in [-0.2, 0) is 28.6 Å². The Labute approximate surface area is 471 Å². The summed E-state index contributed by atoms with van der Waals surface area (Å²) < 4.78 is 16.8. The van der Waals surface area contributed by atoms with Crippen molar-refractivity contribution in [2.45, 2.75) is 329 Å². The number of carbonyl (C=O) groups excluding carboxylic acids is 3. The standard InChI is InChI=1S/C70H122O6/c1-4-7-10-13-16-19-22-24-26-28-29-30-31-32-33-34-35-36-37-38-39-40-41-43-44-46-48-51-54-57-60-63-69(72)75-66-67(65-74-68(71)62-59-56-53-50-21-18-15-12-9-6-3)76-70(73)64-61-58-55-52-49-47-45-42-27-25-23-20-17-14-11-8-5-2/h8,11-12,15,17,20,25,27-29,45,47,52,55,67H,4-7,9-10,13-14,16,18-19,21-24,26,30-44,46,48-51,53-54,56-66H2,1-3H3/b11-8-,15-12-,20-17-,27-25-,29-28-,47-45-,55-52-. The van der Waals surface area contributed by atoms with Crippen molar-refractivity contribution >= 4 is 17.9 Å². The third kappa shape index (κ3) is 61.4. The van der Waals surface area contributed by atoms with Crippen LogP contribution in [0.25, 0.3) is 0 Å². The van der Waals surface area contributed by atoms with E-state index in [0.29, 0.717) is 19.3 Å². The second-order valence-corrected chi connectivity index (χ2v) is 21.6. The molecule has 0 bridgehead atoms. The smallest absolute Gasteiger partial charge is 0.306 e. The predicted octanol–water partition coefficient (Wildman–Crippen LogP) is 22.3. The summed E-state index contributed by atoms with van der Waals surface area (Å²) in [5.74, 6) is -0.961. The van der Waals surface area contributed by atoms with Crippen LogP contribution in [-0.4, -0.2) is 37.2 Å². The molecule has 6 nitrogen and oxygen atoms in total. The molecule has 0 aromatic carbocycles. The fraction of sp³-hybridized carbons (Fsp3) is 0.757. The first-order chi connectivity index (χ1) is 37.5. The molecule has 0 aliphatic rings. The minimum Gasteiger partial charge on any atom is -0.462 e. The van der Waals surface area contributed by atoms with Crippen molar-refractivity contribution in [3.63, 3.8) is 0 Å². The molecule has 438 valence electrons. The van der Waals surface area contributed by atoms with E-state index in [1.165, 1.54) is 180 Å². The highest BCUT2D eigenvalue weighted by atomic mass is 16.6. The number of ether oxygens (including phenoxy) is 3. The van der Waals surface area contributed by atoms with Crippen LogP contribution in [0.5, 0.6) is 0 Å². The second kappa shape index (κ2) is 64.1. The van der Waals surface area contributed by atoms with Crippen LogP contribution < -0.4 is 0 Å². The number of esters is 3. The highest BCUT2D eigenvalue weighted by molar-refractivity contribution is 5.71. The van der Waals surface area contributed by atoms with Gasteiger partial charge in [0.1, 0.15) is 13.2 Å². The van der Waals surface area contributed by atoms with Crippen molar-refractivity contribution in [1.82, 2.24) is 0 Å². The molecule has 76 heavy (non-hydrogen) atoms. The van der Waals surface area contributed by atoms with Gasteiger partial charge in [0.25, 0.3) is 0 Å². The van der Waals surface area contributed by atoms with Gasteiger partial charge in [0.05, 0.1) is 0 Å². The number of hydrogen-bond donors (Lipinski definition) is 0. The van der Waals surface area contributed by atoms with E-state index in [0.717, 1.165) is 96.3 Å². The Hall–Kier alpha value is -3.41. The predicted molar refractivity (Wildman–Crippen MR) is 330 cm³/mol. The summed E-state index contributed by atoms with van der Waals surface area (Å²) in [7, 11) is 0. The average molecular weight is 1060 g/mol. The topological polar surface area (TPSA) is 78.9 Å². The van der Waals surface area contributed by atoms with E-state index in [1.54, 1.807) is 0 Å². The molecular weight excluding hydrogens is 937 g/mol. The minimum absolute atomic E-state index is 0.0998. The number of hydrogen-bond acceptors (Lipinski definition) is 6. The van der Waals surface area contributed by atoms with Crippen molar-refractivity contribution in [2.75, 3.05) is 13.2 Å². The Morgan fingerprint density at radius 3 is 0.908 bits per heavy atom. The van der Waals surface area contributed by atoms with Crippen LogP contribution >= 0.6 is 0 Å². The Bertz CT molecular complexity index is 1450. The van der Waals surface area contributed by atoms with E-state index in [1.807, 2.05) is 0 Å². The van der Waals surface area contributed by atoms with Crippen LogP contribution in [0.1, 0.15) is 323 Å². The molecule has 0 saturated carbocycles. The summed E-state index contributed by atoms with van der Waals surface area (Å²) >= 11 is 0. The molecule has 0 fully saturated rings. The molecular formula is C70H122O6. The number of rotatable bonds is 59. The minimum atomic E-state index is -0.809. The fourth-order valence-corrected chi connectivity index (χ4v) is 9.24. The van der Waals surface area contributed by atoms with Gasteiger partial charge in [-0.15, -0.1) is 0 Å². The Morgan fingerprint density at radius 1 is 0.276 bits per heavy atom. The summed E-state index contributed by atoms with van der Waals surface area (Å²) in [5.41, 5.74) is 0. The number of carbonyl (C=O) groups is 3. The van der Waals surface area contributed by atoms with Crippen molar-refractivity contribution in [1.29, 1.82) is 0 Å². The first-order valence-corrected chi connectivity index (χ1v) is 32.6. The van der Waals surface area contributed by atoms with E-state index in [4.69, 9.17) is 14.2 Å². The first kappa shape index (κ1) is 72.6. The largest absolute Gasteiger partial charge is 0.462 e. The fourth-order valence-electron chi connectivity index (χ4n) is 9.24. The number of allylic oxidation sites excluding steroid dienone is 14. The third-order valence-corrected chi connectivity index (χ3v) is 14.1. The average Bonchev–Trinajstić information content (AvgIpc) is 3.42. The highest BCUT2D eigenvalue weighted by Gasteiger charge is 2.19. The van der Waals surface area contributed by atoms with Gasteiger partial charge in [-0.1, -0.05) is 286 Å². The molecule has 0 aromatic heterocycles. The summed E-state index contributed by atoms with van der Waals surface area (Å²) in [4.78, 5) is 38.1. The lowest BCUT2D eigenvalue weighted by Gasteiger charge is -2.18. The Balaban J connectivity index is 4.16. The third-order valence-electron chi connectivity index (χ3n) is 14.1. The van der Waals surface area contributed by atoms with Crippen LogP contribution in [0, 0.1) is 0 Å². The van der Waals surface area contributed by atoms with E-state index in [2.05, 4.69) is 106 Å². The Morgan fingerprint density at radius 2 is 0.553 bits per heavy atom. The van der Waals surface area contributed by atoms with Crippen LogP contribution in [0.3, 0.4) is 0 Å². The van der Waals surface area contributed by atoms with Gasteiger partial charge in [-0.25, -0.2) is 0 Å². The molecule has 0 heterocycles. The zero-order valence-corrected chi connectivity index (χ0v) is 50.3. The molecule has 0 spiro atoms. The summed E-state index contributed by atoms with van der Waals surface area (Å²) in [5, 5.41) is 0. The van der Waals surface area contributed by atoms with E-state index >= 15 is 0 Å². The zero-order chi connectivity index (χ0) is 55.0. The quantitative estimate of drug-likeness (QED) is 0.0261. The van der Waals surface area contributed by atoms with Crippen LogP contribution in [0.4, 0.5) is 0 Å². The number of unbranched alkanes of at least 4 members (excludes halogenated alkanes) is 34. The lowest BCUT2D eigenvalue weighted by Crippen LogP contribution is -2.30. The molecule has 0 N–H and O–H groups in total. The van der Waals surface area contributed by atoms with Gasteiger partial charge >= 0.3 is 17.9 Å². The maximum absolute atomic E-state index is 12.8. The zero-order valence-electron chi connectivity index (χ0n) is 50.3. The second-order valence-electron chi connectivity index (χ2n) is 21.6. The van der Waals surface area contributed by atoms with Crippen molar-refractivity contribution in [3.05, 3.63) is 85.1 Å². The molecule has 0 radical (unpaired) electrons. The molecule has 0 aliphatic heterocycles. The lowest BCUT2D eigenvalue weighted by molar-refractivity contribution is -0.167. The molecule has 6 heteroatoms. The molecule has 0 rings (SSSR count). The molecule has 1 unspecified atom stereocenters. The highest BCUT2D eigenvalue weighted by Crippen LogP contribution is 2.17. The molecule has 0 saturated heterocycles. The van der Waals surface area contributed by atoms with Crippen LogP contribution in [0.2, 0.25) is 0 Å². The van der Waals surface area contributed by atoms with Gasteiger partial charge in [0.2, 0.25) is 0 Å². The molecule has 0 aromatic rings. The van der Waals surface area contributed by atoms with Crippen molar-refractivity contribution in [2.24, 2.45) is 0 Å². The van der Waals surface area contributed by atoms with Gasteiger partial charge in [-0.05, 0) is 103 Å². The molecule has 1 atom stereocenters. The lowest BCUT2D eigenvalue weighted by atomic mass is 10.0. The van der Waals surface area contributed by atoms with Gasteiger partial charge in [-0.3, -0.25) is 14.4 Å². The van der Waals surface area contributed by atoms with Gasteiger partial charge in [0, 0.05) is 19.3 Å². The van der Waals surface area contributed by atoms with E-state index < -0.39 is 6.10 Å². The monoisotopic (exact) mass is 1060 g/mol. The van der Waals surface area contributed by atoms with Crippen LogP contribution in [0.15, 0.2) is 85.1 Å². The Kier molecular flexibility index (Phi) is 61.2. The SMILES string of the molecule is CC/C=C\C/C=C\C/C=C\C/C=C\C/C=C\CCCC(=O)OC(COC(=O)CCCCCCC/C=C\CCC)COC(=O)CCCCCCCCCCCCCCCCCCCCC/C=C\CCCCCCCCCC. The summed E-state index contributed by atoms with van der Waals surface area (Å²) in [6.45, 7) is 6.44. The normalized spacial score (nSPS) is 12.6. The van der Waals surface area contributed by atoms with Crippen molar-refractivity contribution in [3.8, 4) is 0 Å². The van der Waals surface area contributed by atoms with Gasteiger partial charge in [0.15, 0.2) is 6.10 Å². The van der Waals surface area contributed by atoms with Crippen molar-refractivity contribution < 1.29 is 28.6 Å². The molecule has 0 amide bonds. The van der Waals surface area contributed by atoms with Gasteiger partial charge in [-0.2, -0.15) is 0 Å². The van der Waals surface area contributed by atoms with Gasteiger partial charge < -0.3 is 14.2 Å². The summed E-state index contributed by atoms with van der Waals surface area (Å²) in [6, 6.07) is 0. The first-order valence-electron chi connectivity index (χ1n) is 32.6. The maximum atomic E-state index is 12.8.